The van der Waals surface area contributed by atoms with Crippen molar-refractivity contribution in [3.05, 3.63) is 11.2 Å². The average molecular weight is 174 g/mol. The minimum absolute atomic E-state index is 0.356. The van der Waals surface area contributed by atoms with Gasteiger partial charge in [-0.1, -0.05) is 11.6 Å². The number of hydrogen-bond donors (Lipinski definition) is 1. The molecule has 4 heteroatoms. The SMILES string of the molecule is CNc1nn(C(C)C)cc1Cl. The summed E-state index contributed by atoms with van der Waals surface area (Å²) < 4.78 is 1.83. The van der Waals surface area contributed by atoms with Crippen LogP contribution in [0.2, 0.25) is 5.02 Å². The van der Waals surface area contributed by atoms with Crippen molar-refractivity contribution in [1.82, 2.24) is 9.78 Å². The molecule has 0 atom stereocenters. The van der Waals surface area contributed by atoms with Crippen molar-refractivity contribution in [3.63, 3.8) is 0 Å². The molecule has 0 bridgehead atoms. The van der Waals surface area contributed by atoms with Crippen molar-refractivity contribution in [1.29, 1.82) is 0 Å². The van der Waals surface area contributed by atoms with Crippen LogP contribution in [0.1, 0.15) is 19.9 Å². The van der Waals surface area contributed by atoms with E-state index in [-0.39, 0.29) is 0 Å². The Morgan fingerprint density at radius 1 is 1.64 bits per heavy atom. The molecule has 0 aliphatic rings. The highest BCUT2D eigenvalue weighted by Gasteiger charge is 2.05. The molecule has 0 amide bonds. The highest BCUT2D eigenvalue weighted by atomic mass is 35.5. The van der Waals surface area contributed by atoms with Crippen LogP contribution in [0.3, 0.4) is 0 Å². The first-order valence-electron chi connectivity index (χ1n) is 3.57. The third kappa shape index (κ3) is 1.66. The zero-order valence-corrected chi connectivity index (χ0v) is 7.68. The fourth-order valence-electron chi connectivity index (χ4n) is 0.803. The van der Waals surface area contributed by atoms with Crippen LogP contribution in [0.15, 0.2) is 6.20 Å². The van der Waals surface area contributed by atoms with E-state index in [1.165, 1.54) is 0 Å². The lowest BCUT2D eigenvalue weighted by atomic mass is 10.4. The lowest BCUT2D eigenvalue weighted by Crippen LogP contribution is -2.01. The molecule has 0 saturated heterocycles. The highest BCUT2D eigenvalue weighted by Crippen LogP contribution is 2.20. The molecule has 0 aliphatic heterocycles. The molecule has 0 aliphatic carbocycles. The maximum absolute atomic E-state index is 5.84. The van der Waals surface area contributed by atoms with E-state index in [0.29, 0.717) is 11.1 Å². The van der Waals surface area contributed by atoms with Gasteiger partial charge in [0.15, 0.2) is 5.82 Å². The Morgan fingerprint density at radius 2 is 2.27 bits per heavy atom. The summed E-state index contributed by atoms with van der Waals surface area (Å²) in [5.41, 5.74) is 0. The first-order chi connectivity index (χ1) is 5.15. The molecule has 11 heavy (non-hydrogen) atoms. The average Bonchev–Trinajstić information content (AvgIpc) is 2.31. The second-order valence-electron chi connectivity index (χ2n) is 2.65. The van der Waals surface area contributed by atoms with Gasteiger partial charge in [0.25, 0.3) is 0 Å². The Hall–Kier alpha value is -0.700. The van der Waals surface area contributed by atoms with E-state index < -0.39 is 0 Å². The van der Waals surface area contributed by atoms with E-state index in [9.17, 15) is 0 Å². The summed E-state index contributed by atoms with van der Waals surface area (Å²) in [6.07, 6.45) is 1.82. The lowest BCUT2D eigenvalue weighted by Gasteiger charge is -2.02. The predicted octanol–water partition coefficient (Wildman–Crippen LogP) is 2.16. The Labute approximate surface area is 71.4 Å². The fraction of sp³-hybridized carbons (Fsp3) is 0.571. The zero-order chi connectivity index (χ0) is 8.43. The zero-order valence-electron chi connectivity index (χ0n) is 6.93. The maximum Gasteiger partial charge on any atom is 0.166 e. The number of aromatic nitrogens is 2. The first kappa shape index (κ1) is 8.40. The Bertz CT molecular complexity index is 242. The summed E-state index contributed by atoms with van der Waals surface area (Å²) >= 11 is 5.84. The molecule has 1 aromatic rings. The molecule has 1 heterocycles. The molecule has 0 spiro atoms. The summed E-state index contributed by atoms with van der Waals surface area (Å²) in [6, 6.07) is 0.356. The summed E-state index contributed by atoms with van der Waals surface area (Å²) in [4.78, 5) is 0. The molecule has 3 nitrogen and oxygen atoms in total. The topological polar surface area (TPSA) is 29.9 Å². The van der Waals surface area contributed by atoms with Gasteiger partial charge in [-0.3, -0.25) is 4.68 Å². The molecular formula is C7H12ClN3. The van der Waals surface area contributed by atoms with Gasteiger partial charge >= 0.3 is 0 Å². The molecule has 62 valence electrons. The van der Waals surface area contributed by atoms with Crippen LogP contribution >= 0.6 is 11.6 Å². The van der Waals surface area contributed by atoms with Gasteiger partial charge in [0.2, 0.25) is 0 Å². The summed E-state index contributed by atoms with van der Waals surface area (Å²) in [5.74, 6) is 0.736. The van der Waals surface area contributed by atoms with Gasteiger partial charge in [0.1, 0.15) is 5.02 Å². The van der Waals surface area contributed by atoms with E-state index in [1.54, 1.807) is 7.05 Å². The predicted molar refractivity (Wildman–Crippen MR) is 47.2 cm³/mol. The van der Waals surface area contributed by atoms with E-state index in [1.807, 2.05) is 10.9 Å². The summed E-state index contributed by atoms with van der Waals surface area (Å²) in [5, 5.41) is 7.78. The molecule has 0 unspecified atom stereocenters. The highest BCUT2D eigenvalue weighted by molar-refractivity contribution is 6.32. The van der Waals surface area contributed by atoms with Gasteiger partial charge in [-0.05, 0) is 13.8 Å². The molecule has 0 saturated carbocycles. The quantitative estimate of drug-likeness (QED) is 0.743. The molecule has 1 N–H and O–H groups in total. The van der Waals surface area contributed by atoms with Gasteiger partial charge < -0.3 is 5.32 Å². The third-order valence-corrected chi connectivity index (χ3v) is 1.73. The van der Waals surface area contributed by atoms with Crippen LogP contribution < -0.4 is 5.32 Å². The Kier molecular flexibility index (Phi) is 2.39. The van der Waals surface area contributed by atoms with Gasteiger partial charge in [-0.15, -0.1) is 0 Å². The molecule has 1 rings (SSSR count). The van der Waals surface area contributed by atoms with Crippen molar-refractivity contribution < 1.29 is 0 Å². The van der Waals surface area contributed by atoms with Crippen LogP contribution in [0.5, 0.6) is 0 Å². The largest absolute Gasteiger partial charge is 0.370 e. The Morgan fingerprint density at radius 3 is 2.55 bits per heavy atom. The van der Waals surface area contributed by atoms with Crippen LogP contribution in [0.25, 0.3) is 0 Å². The van der Waals surface area contributed by atoms with Gasteiger partial charge in [-0.25, -0.2) is 0 Å². The first-order valence-corrected chi connectivity index (χ1v) is 3.95. The normalized spacial score (nSPS) is 10.6. The van der Waals surface area contributed by atoms with Crippen LogP contribution in [0, 0.1) is 0 Å². The molecular weight excluding hydrogens is 162 g/mol. The van der Waals surface area contributed by atoms with Crippen LogP contribution in [-0.2, 0) is 0 Å². The van der Waals surface area contributed by atoms with Crippen molar-refractivity contribution in [2.45, 2.75) is 19.9 Å². The number of anilines is 1. The monoisotopic (exact) mass is 173 g/mol. The number of halogens is 1. The smallest absolute Gasteiger partial charge is 0.166 e. The van der Waals surface area contributed by atoms with E-state index in [4.69, 9.17) is 11.6 Å². The number of nitrogens with zero attached hydrogens (tertiary/aromatic N) is 2. The van der Waals surface area contributed by atoms with Gasteiger partial charge in [0.05, 0.1) is 0 Å². The summed E-state index contributed by atoms with van der Waals surface area (Å²) in [7, 11) is 1.80. The lowest BCUT2D eigenvalue weighted by molar-refractivity contribution is 0.534. The third-order valence-electron chi connectivity index (χ3n) is 1.45. The van der Waals surface area contributed by atoms with Crippen LogP contribution in [-0.4, -0.2) is 16.8 Å². The van der Waals surface area contributed by atoms with Crippen molar-refractivity contribution in [2.24, 2.45) is 0 Å². The Balaban J connectivity index is 2.95. The fourth-order valence-corrected chi connectivity index (χ4v) is 1.04. The number of nitrogens with one attached hydrogen (secondary N) is 1. The number of hydrogen-bond acceptors (Lipinski definition) is 2. The van der Waals surface area contributed by atoms with Crippen molar-refractivity contribution in [3.8, 4) is 0 Å². The number of rotatable bonds is 2. The molecule has 0 fully saturated rings. The van der Waals surface area contributed by atoms with E-state index in [2.05, 4.69) is 24.3 Å². The molecule has 1 aromatic heterocycles. The van der Waals surface area contributed by atoms with E-state index >= 15 is 0 Å². The minimum atomic E-state index is 0.356. The minimum Gasteiger partial charge on any atom is -0.370 e. The maximum atomic E-state index is 5.84. The molecule has 0 radical (unpaired) electrons. The van der Waals surface area contributed by atoms with Gasteiger partial charge in [0, 0.05) is 19.3 Å². The van der Waals surface area contributed by atoms with Crippen molar-refractivity contribution >= 4 is 17.4 Å². The van der Waals surface area contributed by atoms with E-state index in [0.717, 1.165) is 5.82 Å². The van der Waals surface area contributed by atoms with Crippen LogP contribution in [0.4, 0.5) is 5.82 Å². The second kappa shape index (κ2) is 3.13. The standard InChI is InChI=1S/C7H12ClN3/c1-5(2)11-4-6(8)7(9-3)10-11/h4-5H,1-3H3,(H,9,10). The van der Waals surface area contributed by atoms with Gasteiger partial charge in [-0.2, -0.15) is 5.10 Å². The van der Waals surface area contributed by atoms with Crippen molar-refractivity contribution in [2.75, 3.05) is 12.4 Å². The molecule has 0 aromatic carbocycles. The summed E-state index contributed by atoms with van der Waals surface area (Å²) in [6.45, 7) is 4.12. The second-order valence-corrected chi connectivity index (χ2v) is 3.06.